The van der Waals surface area contributed by atoms with Gasteiger partial charge in [0.1, 0.15) is 5.15 Å². The predicted octanol–water partition coefficient (Wildman–Crippen LogP) is 1.88. The lowest BCUT2D eigenvalue weighted by molar-refractivity contribution is 0.703. The minimum Gasteiger partial charge on any atom is -0.380 e. The van der Waals surface area contributed by atoms with E-state index in [4.69, 9.17) is 17.3 Å². The lowest BCUT2D eigenvalue weighted by Gasteiger charge is -2.15. The summed E-state index contributed by atoms with van der Waals surface area (Å²) < 4.78 is 0. The molecule has 0 spiro atoms. The normalized spacial score (nSPS) is 12.5. The second-order valence-electron chi connectivity index (χ2n) is 2.85. The van der Waals surface area contributed by atoms with Crippen LogP contribution in [0.3, 0.4) is 0 Å². The molecular formula is C9H14ClN3. The summed E-state index contributed by atoms with van der Waals surface area (Å²) in [6.07, 6.45) is 2.71. The fourth-order valence-electron chi connectivity index (χ4n) is 1.02. The Morgan fingerprint density at radius 2 is 2.38 bits per heavy atom. The summed E-state index contributed by atoms with van der Waals surface area (Å²) in [7, 11) is 0. The highest BCUT2D eigenvalue weighted by Gasteiger charge is 2.02. The molecule has 0 aliphatic rings. The molecule has 0 fully saturated rings. The fourth-order valence-corrected chi connectivity index (χ4v) is 1.14. The van der Waals surface area contributed by atoms with E-state index in [1.807, 2.05) is 6.07 Å². The number of halogens is 1. The molecule has 3 nitrogen and oxygen atoms in total. The van der Waals surface area contributed by atoms with Crippen LogP contribution in [0, 0.1) is 0 Å². The van der Waals surface area contributed by atoms with Crippen molar-refractivity contribution in [3.8, 4) is 0 Å². The molecular weight excluding hydrogens is 186 g/mol. The minimum atomic E-state index is 0.308. The van der Waals surface area contributed by atoms with Gasteiger partial charge in [0.05, 0.1) is 11.9 Å². The van der Waals surface area contributed by atoms with Crippen molar-refractivity contribution < 1.29 is 0 Å². The van der Waals surface area contributed by atoms with Crippen molar-refractivity contribution in [2.75, 3.05) is 11.9 Å². The molecule has 0 bridgehead atoms. The Bertz CT molecular complexity index is 244. The zero-order valence-corrected chi connectivity index (χ0v) is 8.38. The van der Waals surface area contributed by atoms with Crippen LogP contribution in [0.5, 0.6) is 0 Å². The van der Waals surface area contributed by atoms with Crippen molar-refractivity contribution in [1.82, 2.24) is 4.98 Å². The van der Waals surface area contributed by atoms with Crippen LogP contribution in [0.1, 0.15) is 13.3 Å². The summed E-state index contributed by atoms with van der Waals surface area (Å²) in [6, 6.07) is 3.96. The largest absolute Gasteiger partial charge is 0.380 e. The van der Waals surface area contributed by atoms with E-state index in [2.05, 4.69) is 17.2 Å². The molecule has 1 rings (SSSR count). The number of anilines is 1. The summed E-state index contributed by atoms with van der Waals surface area (Å²) in [4.78, 5) is 3.96. The zero-order valence-electron chi connectivity index (χ0n) is 7.63. The Morgan fingerprint density at radius 3 is 2.85 bits per heavy atom. The third kappa shape index (κ3) is 3.20. The summed E-state index contributed by atoms with van der Waals surface area (Å²) in [5.74, 6) is 0. The van der Waals surface area contributed by atoms with E-state index < -0.39 is 0 Å². The Kier molecular flexibility index (Phi) is 3.99. The molecule has 0 amide bonds. The van der Waals surface area contributed by atoms with Crippen LogP contribution in [-0.4, -0.2) is 17.6 Å². The van der Waals surface area contributed by atoms with Gasteiger partial charge in [0, 0.05) is 12.6 Å². The molecule has 13 heavy (non-hydrogen) atoms. The zero-order chi connectivity index (χ0) is 9.68. The number of hydrogen-bond acceptors (Lipinski definition) is 3. The lowest BCUT2D eigenvalue weighted by Crippen LogP contribution is -2.27. The van der Waals surface area contributed by atoms with Gasteiger partial charge in [-0.1, -0.05) is 18.5 Å². The Hall–Kier alpha value is -0.800. The van der Waals surface area contributed by atoms with Gasteiger partial charge in [-0.25, -0.2) is 4.98 Å². The number of nitrogens with two attached hydrogens (primary N) is 1. The molecule has 0 aliphatic carbocycles. The fraction of sp³-hybridized carbons (Fsp3) is 0.444. The van der Waals surface area contributed by atoms with Crippen LogP contribution >= 0.6 is 11.6 Å². The van der Waals surface area contributed by atoms with Crippen LogP contribution in [0.25, 0.3) is 0 Å². The first-order valence-electron chi connectivity index (χ1n) is 4.34. The first-order chi connectivity index (χ1) is 6.26. The molecule has 0 radical (unpaired) electrons. The van der Waals surface area contributed by atoms with E-state index in [0.717, 1.165) is 12.1 Å². The number of hydrogen-bond donors (Lipinski definition) is 2. The maximum absolute atomic E-state index is 5.65. The van der Waals surface area contributed by atoms with Crippen molar-refractivity contribution >= 4 is 17.3 Å². The molecule has 72 valence electrons. The molecule has 1 unspecified atom stereocenters. The number of nitrogens with one attached hydrogen (secondary N) is 1. The van der Waals surface area contributed by atoms with Gasteiger partial charge in [-0.15, -0.1) is 0 Å². The van der Waals surface area contributed by atoms with Gasteiger partial charge in [0.15, 0.2) is 0 Å². The standard InChI is InChI=1S/C9H14ClN3/c1-2-7(5-11)13-8-3-4-9(10)12-6-8/h3-4,6-7,13H,2,5,11H2,1H3. The molecule has 4 heteroatoms. The van der Waals surface area contributed by atoms with Crippen molar-refractivity contribution in [3.05, 3.63) is 23.5 Å². The van der Waals surface area contributed by atoms with E-state index in [9.17, 15) is 0 Å². The van der Waals surface area contributed by atoms with Crippen LogP contribution in [0.2, 0.25) is 5.15 Å². The lowest BCUT2D eigenvalue weighted by atomic mass is 10.2. The highest BCUT2D eigenvalue weighted by molar-refractivity contribution is 6.29. The van der Waals surface area contributed by atoms with Gasteiger partial charge in [-0.05, 0) is 18.6 Å². The van der Waals surface area contributed by atoms with Crippen LogP contribution in [0.4, 0.5) is 5.69 Å². The van der Waals surface area contributed by atoms with Gasteiger partial charge >= 0.3 is 0 Å². The van der Waals surface area contributed by atoms with E-state index in [1.165, 1.54) is 0 Å². The number of nitrogens with zero attached hydrogens (tertiary/aromatic N) is 1. The van der Waals surface area contributed by atoms with Crippen molar-refractivity contribution in [2.45, 2.75) is 19.4 Å². The summed E-state index contributed by atoms with van der Waals surface area (Å²) in [5, 5.41) is 3.77. The molecule has 1 aromatic rings. The highest BCUT2D eigenvalue weighted by Crippen LogP contribution is 2.11. The first kappa shape index (κ1) is 10.3. The smallest absolute Gasteiger partial charge is 0.129 e. The summed E-state index contributed by atoms with van der Waals surface area (Å²) in [5.41, 5.74) is 6.51. The highest BCUT2D eigenvalue weighted by atomic mass is 35.5. The predicted molar refractivity (Wildman–Crippen MR) is 56.0 cm³/mol. The second-order valence-corrected chi connectivity index (χ2v) is 3.24. The number of aromatic nitrogens is 1. The molecule has 0 saturated heterocycles. The summed E-state index contributed by atoms with van der Waals surface area (Å²) in [6.45, 7) is 2.72. The second kappa shape index (κ2) is 5.04. The quantitative estimate of drug-likeness (QED) is 0.729. The maximum Gasteiger partial charge on any atom is 0.129 e. The summed E-state index contributed by atoms with van der Waals surface area (Å²) >= 11 is 5.65. The van der Waals surface area contributed by atoms with Gasteiger partial charge in [0.2, 0.25) is 0 Å². The average molecular weight is 200 g/mol. The van der Waals surface area contributed by atoms with Gasteiger partial charge < -0.3 is 11.1 Å². The molecule has 0 aromatic carbocycles. The van der Waals surface area contributed by atoms with Gasteiger partial charge in [0.25, 0.3) is 0 Å². The van der Waals surface area contributed by atoms with E-state index in [0.29, 0.717) is 17.7 Å². The van der Waals surface area contributed by atoms with E-state index >= 15 is 0 Å². The third-order valence-electron chi connectivity index (χ3n) is 1.88. The maximum atomic E-state index is 5.65. The Balaban J connectivity index is 2.58. The topological polar surface area (TPSA) is 50.9 Å². The molecule has 1 aromatic heterocycles. The van der Waals surface area contributed by atoms with E-state index in [-0.39, 0.29) is 0 Å². The third-order valence-corrected chi connectivity index (χ3v) is 2.10. The average Bonchev–Trinajstić information content (AvgIpc) is 2.17. The van der Waals surface area contributed by atoms with Crippen molar-refractivity contribution in [1.29, 1.82) is 0 Å². The van der Waals surface area contributed by atoms with Crippen LogP contribution in [-0.2, 0) is 0 Å². The molecule has 1 atom stereocenters. The molecule has 3 N–H and O–H groups in total. The van der Waals surface area contributed by atoms with Gasteiger partial charge in [-0.3, -0.25) is 0 Å². The number of rotatable bonds is 4. The monoisotopic (exact) mass is 199 g/mol. The first-order valence-corrected chi connectivity index (χ1v) is 4.72. The Labute approximate surface area is 83.3 Å². The Morgan fingerprint density at radius 1 is 1.62 bits per heavy atom. The van der Waals surface area contributed by atoms with E-state index in [1.54, 1.807) is 12.3 Å². The van der Waals surface area contributed by atoms with Crippen molar-refractivity contribution in [2.24, 2.45) is 5.73 Å². The van der Waals surface area contributed by atoms with Crippen molar-refractivity contribution in [3.63, 3.8) is 0 Å². The molecule has 1 heterocycles. The molecule has 0 saturated carbocycles. The minimum absolute atomic E-state index is 0.308. The van der Waals surface area contributed by atoms with Crippen LogP contribution < -0.4 is 11.1 Å². The van der Waals surface area contributed by atoms with Crippen LogP contribution in [0.15, 0.2) is 18.3 Å². The number of pyridine rings is 1. The van der Waals surface area contributed by atoms with Gasteiger partial charge in [-0.2, -0.15) is 0 Å². The SMILES string of the molecule is CCC(CN)Nc1ccc(Cl)nc1. The molecule has 0 aliphatic heterocycles.